The van der Waals surface area contributed by atoms with E-state index in [0.29, 0.717) is 0 Å². The molecule has 1 N–H and O–H groups in total. The molecule has 1 unspecified atom stereocenters. The number of rotatable bonds is 4. The van der Waals surface area contributed by atoms with Crippen molar-refractivity contribution in [1.29, 1.82) is 0 Å². The first-order valence-electron chi connectivity index (χ1n) is 5.20. The van der Waals surface area contributed by atoms with Gasteiger partial charge in [-0.1, -0.05) is 54.8 Å². The number of benzene rings is 1. The second-order valence-corrected chi connectivity index (χ2v) is 4.92. The lowest BCUT2D eigenvalue weighted by Gasteiger charge is -1.99. The van der Waals surface area contributed by atoms with E-state index in [9.17, 15) is 4.57 Å². The molecular formula is C11H18BrO3P. The molecule has 0 aliphatic heterocycles. The van der Waals surface area contributed by atoms with Crippen LogP contribution >= 0.6 is 24.2 Å². The Morgan fingerprint density at radius 2 is 1.75 bits per heavy atom. The van der Waals surface area contributed by atoms with Gasteiger partial charge in [-0.3, -0.25) is 4.57 Å². The average Bonchev–Trinajstić information content (AvgIpc) is 2.28. The van der Waals surface area contributed by atoms with Crippen molar-refractivity contribution >= 4 is 24.2 Å². The van der Waals surface area contributed by atoms with E-state index in [1.54, 1.807) is 0 Å². The summed E-state index contributed by atoms with van der Waals surface area (Å²) < 4.78 is 15.7. The molecule has 1 aromatic rings. The van der Waals surface area contributed by atoms with Gasteiger partial charge in [0.05, 0.1) is 6.61 Å². The van der Waals surface area contributed by atoms with Gasteiger partial charge in [-0.25, -0.2) is 0 Å². The van der Waals surface area contributed by atoms with E-state index in [4.69, 9.17) is 4.89 Å². The predicted molar refractivity (Wildman–Crippen MR) is 70.7 cm³/mol. The second-order valence-electron chi connectivity index (χ2n) is 3.18. The highest BCUT2D eigenvalue weighted by Gasteiger charge is 1.95. The van der Waals surface area contributed by atoms with Crippen molar-refractivity contribution in [2.45, 2.75) is 33.3 Å². The van der Waals surface area contributed by atoms with E-state index in [-0.39, 0.29) is 6.61 Å². The third kappa shape index (κ3) is 9.10. The van der Waals surface area contributed by atoms with Crippen molar-refractivity contribution in [3.8, 4) is 0 Å². The molecule has 5 heteroatoms. The fraction of sp³-hybridized carbons (Fsp3) is 0.455. The summed E-state index contributed by atoms with van der Waals surface area (Å²) >= 11 is 3.28. The smallest absolute Gasteiger partial charge is 0.316 e. The van der Waals surface area contributed by atoms with Crippen molar-refractivity contribution in [3.05, 3.63) is 34.3 Å². The van der Waals surface area contributed by atoms with Crippen LogP contribution in [-0.2, 0) is 15.7 Å². The first-order chi connectivity index (χ1) is 7.60. The summed E-state index contributed by atoms with van der Waals surface area (Å²) in [6, 6.07) is 7.37. The van der Waals surface area contributed by atoms with Crippen LogP contribution in [-0.4, -0.2) is 4.89 Å². The number of halogens is 1. The third-order valence-corrected chi connectivity index (χ3v) is 2.70. The van der Waals surface area contributed by atoms with E-state index in [2.05, 4.69) is 34.3 Å². The maximum absolute atomic E-state index is 10.2. The molecule has 0 heterocycles. The van der Waals surface area contributed by atoms with Crippen molar-refractivity contribution in [2.75, 3.05) is 0 Å². The van der Waals surface area contributed by atoms with Gasteiger partial charge in [-0.2, -0.15) is 0 Å². The average molecular weight is 309 g/mol. The molecule has 3 nitrogen and oxygen atoms in total. The van der Waals surface area contributed by atoms with Gasteiger partial charge in [0.15, 0.2) is 0 Å². The van der Waals surface area contributed by atoms with Crippen molar-refractivity contribution in [3.63, 3.8) is 0 Å². The van der Waals surface area contributed by atoms with Crippen molar-refractivity contribution in [2.24, 2.45) is 0 Å². The molecule has 92 valence electrons. The summed E-state index contributed by atoms with van der Waals surface area (Å²) in [5.74, 6) is 0. The van der Waals surface area contributed by atoms with Crippen molar-refractivity contribution < 1.29 is 14.0 Å². The third-order valence-electron chi connectivity index (χ3n) is 1.78. The van der Waals surface area contributed by atoms with Crippen LogP contribution in [0.3, 0.4) is 0 Å². The van der Waals surface area contributed by atoms with Crippen LogP contribution in [0.1, 0.15) is 32.3 Å². The summed E-state index contributed by atoms with van der Waals surface area (Å²) in [4.78, 5) is 8.38. The molecule has 0 saturated carbocycles. The first kappa shape index (κ1) is 15.9. The minimum atomic E-state index is -2.80. The topological polar surface area (TPSA) is 46.5 Å². The van der Waals surface area contributed by atoms with E-state index in [1.165, 1.54) is 12.8 Å². The van der Waals surface area contributed by atoms with Gasteiger partial charge < -0.3 is 9.42 Å². The maximum atomic E-state index is 10.2. The highest BCUT2D eigenvalue weighted by molar-refractivity contribution is 9.10. The molecule has 1 rings (SSSR count). The van der Waals surface area contributed by atoms with Gasteiger partial charge in [-0.15, -0.1) is 0 Å². The van der Waals surface area contributed by atoms with Crippen LogP contribution in [0.5, 0.6) is 0 Å². The van der Waals surface area contributed by atoms with Gasteiger partial charge in [0.2, 0.25) is 0 Å². The second kappa shape index (κ2) is 10.0. The summed E-state index contributed by atoms with van der Waals surface area (Å²) in [6.45, 7) is 4.54. The lowest BCUT2D eigenvalue weighted by Crippen LogP contribution is -1.84. The van der Waals surface area contributed by atoms with Crippen LogP contribution in [0.2, 0.25) is 0 Å². The Labute approximate surface area is 106 Å². The SMILES string of the molecule is CCCC.O=[PH](O)OCc1ccc(Br)cc1. The van der Waals surface area contributed by atoms with Crippen LogP contribution in [0.15, 0.2) is 28.7 Å². The lowest BCUT2D eigenvalue weighted by atomic mass is 10.2. The van der Waals surface area contributed by atoms with Gasteiger partial charge in [-0.05, 0) is 17.7 Å². The lowest BCUT2D eigenvalue weighted by molar-refractivity contribution is 0.272. The summed E-state index contributed by atoms with van der Waals surface area (Å²) in [7, 11) is -2.80. The van der Waals surface area contributed by atoms with Gasteiger partial charge in [0.25, 0.3) is 0 Å². The quantitative estimate of drug-likeness (QED) is 0.850. The standard InChI is InChI=1S/C7H8BrO3P.C4H10/c8-7-3-1-6(2-4-7)5-11-12(9)10;1-3-4-2/h1-4,12H,5H2,(H,9,10);3-4H2,1-2H3. The molecule has 0 spiro atoms. The summed E-state index contributed by atoms with van der Waals surface area (Å²) in [6.07, 6.45) is 2.64. The Balaban J connectivity index is 0.000000487. The van der Waals surface area contributed by atoms with Gasteiger partial charge in [0, 0.05) is 4.47 Å². The number of hydrogen-bond acceptors (Lipinski definition) is 2. The van der Waals surface area contributed by atoms with Crippen molar-refractivity contribution in [1.82, 2.24) is 0 Å². The molecule has 0 aliphatic rings. The predicted octanol–water partition coefficient (Wildman–Crippen LogP) is 4.15. The largest absolute Gasteiger partial charge is 0.326 e. The van der Waals surface area contributed by atoms with E-state index >= 15 is 0 Å². The number of hydrogen-bond donors (Lipinski definition) is 1. The van der Waals surface area contributed by atoms with E-state index in [0.717, 1.165) is 10.0 Å². The van der Waals surface area contributed by atoms with Crippen LogP contribution in [0, 0.1) is 0 Å². The fourth-order valence-corrected chi connectivity index (χ4v) is 1.28. The Bertz CT molecular complexity index is 299. The molecule has 0 aliphatic carbocycles. The maximum Gasteiger partial charge on any atom is 0.316 e. The fourth-order valence-electron chi connectivity index (χ4n) is 0.726. The highest BCUT2D eigenvalue weighted by atomic mass is 79.9. The molecule has 0 fully saturated rings. The minimum Gasteiger partial charge on any atom is -0.326 e. The molecular weight excluding hydrogens is 291 g/mol. The van der Waals surface area contributed by atoms with E-state index < -0.39 is 8.25 Å². The summed E-state index contributed by atoms with van der Waals surface area (Å²) in [5, 5.41) is 0. The van der Waals surface area contributed by atoms with Gasteiger partial charge >= 0.3 is 8.25 Å². The van der Waals surface area contributed by atoms with Gasteiger partial charge in [0.1, 0.15) is 0 Å². The zero-order chi connectivity index (χ0) is 12.4. The Kier molecular flexibility index (Phi) is 9.94. The van der Waals surface area contributed by atoms with Crippen LogP contribution in [0.4, 0.5) is 0 Å². The summed E-state index contributed by atoms with van der Waals surface area (Å²) in [5.41, 5.74) is 0.880. The Morgan fingerprint density at radius 1 is 1.25 bits per heavy atom. The molecule has 1 atom stereocenters. The molecule has 0 bridgehead atoms. The zero-order valence-electron chi connectivity index (χ0n) is 9.57. The molecule has 0 radical (unpaired) electrons. The normalized spacial score (nSPS) is 11.5. The minimum absolute atomic E-state index is 0.182. The first-order valence-corrected chi connectivity index (χ1v) is 7.26. The van der Waals surface area contributed by atoms with Crippen LogP contribution in [0.25, 0.3) is 0 Å². The monoisotopic (exact) mass is 308 g/mol. The molecule has 0 aromatic heterocycles. The Hall–Kier alpha value is -0.150. The van der Waals surface area contributed by atoms with E-state index in [1.807, 2.05) is 24.3 Å². The highest BCUT2D eigenvalue weighted by Crippen LogP contribution is 2.18. The molecule has 1 aromatic carbocycles. The Morgan fingerprint density at radius 3 is 2.12 bits per heavy atom. The zero-order valence-corrected chi connectivity index (χ0v) is 12.2. The van der Waals surface area contributed by atoms with Crippen LogP contribution < -0.4 is 0 Å². The number of unbranched alkanes of at least 4 members (excludes halogenated alkanes) is 1. The molecule has 0 saturated heterocycles. The molecule has 0 amide bonds. The molecule has 16 heavy (non-hydrogen) atoms.